The standard InChI is InChI=1S/C16H26N2O2/c1-4-13-5-6-14(17-12-13)11-15(19)16(2,3)18-7-9-20-10-8-18/h5-6,12,15,19H,4,7-11H2,1-3H3. The topological polar surface area (TPSA) is 45.6 Å². The number of aliphatic hydroxyl groups is 1. The Kier molecular flexibility index (Phi) is 5.13. The highest BCUT2D eigenvalue weighted by molar-refractivity contribution is 5.15. The average molecular weight is 278 g/mol. The van der Waals surface area contributed by atoms with Crippen molar-refractivity contribution in [3.63, 3.8) is 0 Å². The fourth-order valence-corrected chi connectivity index (χ4v) is 2.58. The number of rotatable bonds is 5. The number of ether oxygens (including phenoxy) is 1. The van der Waals surface area contributed by atoms with E-state index in [1.165, 1.54) is 5.56 Å². The number of aliphatic hydroxyl groups excluding tert-OH is 1. The Morgan fingerprint density at radius 3 is 2.60 bits per heavy atom. The van der Waals surface area contributed by atoms with Gasteiger partial charge in [-0.15, -0.1) is 0 Å². The maximum atomic E-state index is 10.6. The quantitative estimate of drug-likeness (QED) is 0.890. The van der Waals surface area contributed by atoms with Crippen molar-refractivity contribution in [3.8, 4) is 0 Å². The summed E-state index contributed by atoms with van der Waals surface area (Å²) in [6.07, 6.45) is 3.06. The lowest BCUT2D eigenvalue weighted by Gasteiger charge is -2.43. The number of aromatic nitrogens is 1. The van der Waals surface area contributed by atoms with Crippen LogP contribution in [0.4, 0.5) is 0 Å². The second-order valence-electron chi connectivity index (χ2n) is 5.98. The highest BCUT2D eigenvalue weighted by Crippen LogP contribution is 2.22. The first-order valence-electron chi connectivity index (χ1n) is 7.48. The number of nitrogens with zero attached hydrogens (tertiary/aromatic N) is 2. The van der Waals surface area contributed by atoms with Crippen molar-refractivity contribution in [2.75, 3.05) is 26.3 Å². The molecule has 1 unspecified atom stereocenters. The second-order valence-corrected chi connectivity index (χ2v) is 5.98. The van der Waals surface area contributed by atoms with Gasteiger partial charge in [0.05, 0.1) is 19.3 Å². The number of morpholine rings is 1. The number of hydrogen-bond acceptors (Lipinski definition) is 4. The largest absolute Gasteiger partial charge is 0.391 e. The molecule has 1 fully saturated rings. The average Bonchev–Trinajstić information content (AvgIpc) is 2.49. The van der Waals surface area contributed by atoms with E-state index in [2.05, 4.69) is 36.7 Å². The molecule has 1 saturated heterocycles. The van der Waals surface area contributed by atoms with Crippen molar-refractivity contribution < 1.29 is 9.84 Å². The molecule has 4 nitrogen and oxygen atoms in total. The van der Waals surface area contributed by atoms with E-state index < -0.39 is 6.10 Å². The van der Waals surface area contributed by atoms with Gasteiger partial charge in [-0.2, -0.15) is 0 Å². The van der Waals surface area contributed by atoms with Crippen molar-refractivity contribution in [3.05, 3.63) is 29.6 Å². The molecule has 2 heterocycles. The molecular formula is C16H26N2O2. The van der Waals surface area contributed by atoms with Gasteiger partial charge in [0, 0.05) is 36.9 Å². The fourth-order valence-electron chi connectivity index (χ4n) is 2.58. The highest BCUT2D eigenvalue weighted by atomic mass is 16.5. The van der Waals surface area contributed by atoms with E-state index in [1.54, 1.807) is 0 Å². The van der Waals surface area contributed by atoms with E-state index in [4.69, 9.17) is 4.74 Å². The Balaban J connectivity index is 1.99. The summed E-state index contributed by atoms with van der Waals surface area (Å²) in [5.41, 5.74) is 1.93. The molecule has 2 rings (SSSR count). The smallest absolute Gasteiger partial charge is 0.0773 e. The predicted octanol–water partition coefficient (Wildman–Crippen LogP) is 1.66. The Bertz CT molecular complexity index is 411. The van der Waals surface area contributed by atoms with Crippen LogP contribution in [0.2, 0.25) is 0 Å². The lowest BCUT2D eigenvalue weighted by Crippen LogP contribution is -2.56. The van der Waals surface area contributed by atoms with Crippen LogP contribution in [0.5, 0.6) is 0 Å². The van der Waals surface area contributed by atoms with E-state index in [1.807, 2.05) is 12.3 Å². The number of aryl methyl sites for hydroxylation is 1. The van der Waals surface area contributed by atoms with Crippen LogP contribution in [-0.2, 0) is 17.6 Å². The van der Waals surface area contributed by atoms with Gasteiger partial charge in [-0.05, 0) is 31.9 Å². The zero-order chi connectivity index (χ0) is 14.6. The Morgan fingerprint density at radius 2 is 2.05 bits per heavy atom. The van der Waals surface area contributed by atoms with Crippen LogP contribution in [0.3, 0.4) is 0 Å². The second kappa shape index (κ2) is 6.66. The molecule has 1 aliphatic heterocycles. The van der Waals surface area contributed by atoms with Gasteiger partial charge >= 0.3 is 0 Å². The monoisotopic (exact) mass is 278 g/mol. The van der Waals surface area contributed by atoms with Crippen molar-refractivity contribution >= 4 is 0 Å². The first-order valence-corrected chi connectivity index (χ1v) is 7.48. The van der Waals surface area contributed by atoms with Gasteiger partial charge in [0.25, 0.3) is 0 Å². The molecule has 4 heteroatoms. The molecule has 0 aromatic carbocycles. The SMILES string of the molecule is CCc1ccc(CC(O)C(C)(C)N2CCOCC2)nc1. The van der Waals surface area contributed by atoms with E-state index in [-0.39, 0.29) is 5.54 Å². The summed E-state index contributed by atoms with van der Waals surface area (Å²) in [4.78, 5) is 6.75. The van der Waals surface area contributed by atoms with Gasteiger partial charge < -0.3 is 9.84 Å². The molecule has 1 aromatic rings. The summed E-state index contributed by atoms with van der Waals surface area (Å²) in [5.74, 6) is 0. The molecule has 0 amide bonds. The van der Waals surface area contributed by atoms with Gasteiger partial charge in [0.15, 0.2) is 0 Å². The molecule has 20 heavy (non-hydrogen) atoms. The maximum Gasteiger partial charge on any atom is 0.0773 e. The van der Waals surface area contributed by atoms with E-state index >= 15 is 0 Å². The zero-order valence-corrected chi connectivity index (χ0v) is 12.8. The number of hydrogen-bond donors (Lipinski definition) is 1. The lowest BCUT2D eigenvalue weighted by molar-refractivity contribution is -0.0614. The zero-order valence-electron chi connectivity index (χ0n) is 12.8. The highest BCUT2D eigenvalue weighted by Gasteiger charge is 2.35. The fraction of sp³-hybridized carbons (Fsp3) is 0.688. The molecule has 0 radical (unpaired) electrons. The van der Waals surface area contributed by atoms with Crippen molar-refractivity contribution in [1.82, 2.24) is 9.88 Å². The normalized spacial score (nSPS) is 19.0. The Labute approximate surface area is 121 Å². The van der Waals surface area contributed by atoms with Crippen LogP contribution in [-0.4, -0.2) is 52.9 Å². The van der Waals surface area contributed by atoms with Crippen molar-refractivity contribution in [2.45, 2.75) is 45.3 Å². The molecule has 0 aliphatic carbocycles. The molecule has 1 N–H and O–H groups in total. The van der Waals surface area contributed by atoms with Crippen LogP contribution < -0.4 is 0 Å². The van der Waals surface area contributed by atoms with Gasteiger partial charge in [-0.1, -0.05) is 13.0 Å². The van der Waals surface area contributed by atoms with Crippen LogP contribution in [0.25, 0.3) is 0 Å². The van der Waals surface area contributed by atoms with E-state index in [9.17, 15) is 5.11 Å². The van der Waals surface area contributed by atoms with Crippen molar-refractivity contribution in [1.29, 1.82) is 0 Å². The minimum Gasteiger partial charge on any atom is -0.391 e. The predicted molar refractivity (Wildman–Crippen MR) is 79.8 cm³/mol. The molecule has 0 spiro atoms. The van der Waals surface area contributed by atoms with Gasteiger partial charge in [-0.3, -0.25) is 9.88 Å². The summed E-state index contributed by atoms with van der Waals surface area (Å²) in [6, 6.07) is 4.12. The molecule has 1 aliphatic rings. The van der Waals surface area contributed by atoms with E-state index in [0.29, 0.717) is 6.42 Å². The number of pyridine rings is 1. The van der Waals surface area contributed by atoms with Crippen LogP contribution >= 0.6 is 0 Å². The van der Waals surface area contributed by atoms with Gasteiger partial charge in [0.2, 0.25) is 0 Å². The molecule has 0 bridgehead atoms. The summed E-state index contributed by atoms with van der Waals surface area (Å²) < 4.78 is 5.38. The van der Waals surface area contributed by atoms with Crippen molar-refractivity contribution in [2.24, 2.45) is 0 Å². The molecule has 112 valence electrons. The Hall–Kier alpha value is -0.970. The summed E-state index contributed by atoms with van der Waals surface area (Å²) in [5, 5.41) is 10.6. The minimum absolute atomic E-state index is 0.255. The van der Waals surface area contributed by atoms with Crippen LogP contribution in [0, 0.1) is 0 Å². The van der Waals surface area contributed by atoms with Gasteiger partial charge in [0.1, 0.15) is 0 Å². The third-order valence-corrected chi connectivity index (χ3v) is 4.34. The first kappa shape index (κ1) is 15.4. The molecule has 1 atom stereocenters. The molecular weight excluding hydrogens is 252 g/mol. The summed E-state index contributed by atoms with van der Waals surface area (Å²) in [6.45, 7) is 9.58. The van der Waals surface area contributed by atoms with Crippen LogP contribution in [0.15, 0.2) is 18.3 Å². The maximum absolute atomic E-state index is 10.6. The molecule has 0 saturated carbocycles. The summed E-state index contributed by atoms with van der Waals surface area (Å²) in [7, 11) is 0. The third kappa shape index (κ3) is 3.57. The first-order chi connectivity index (χ1) is 9.54. The Morgan fingerprint density at radius 1 is 1.35 bits per heavy atom. The summed E-state index contributed by atoms with van der Waals surface area (Å²) >= 11 is 0. The van der Waals surface area contributed by atoms with Gasteiger partial charge in [-0.25, -0.2) is 0 Å². The third-order valence-electron chi connectivity index (χ3n) is 4.34. The minimum atomic E-state index is -0.430. The van der Waals surface area contributed by atoms with Crippen LogP contribution in [0.1, 0.15) is 32.0 Å². The van der Waals surface area contributed by atoms with E-state index in [0.717, 1.165) is 38.4 Å². The lowest BCUT2D eigenvalue weighted by atomic mass is 9.91. The molecule has 1 aromatic heterocycles.